The number of amides is 2. The molecule has 2 rings (SSSR count). The Bertz CT molecular complexity index is 433. The molecule has 1 aromatic rings. The Morgan fingerprint density at radius 2 is 2.28 bits per heavy atom. The number of carbonyl (C=O) groups is 1. The molecule has 0 aliphatic carbocycles. The number of rotatable bonds is 3. The lowest BCUT2D eigenvalue weighted by molar-refractivity contribution is 0.0640. The van der Waals surface area contributed by atoms with Gasteiger partial charge < -0.3 is 21.1 Å². The van der Waals surface area contributed by atoms with E-state index in [0.717, 1.165) is 6.54 Å². The third kappa shape index (κ3) is 3.18. The minimum Gasteiger partial charge on any atom is -0.387 e. The highest BCUT2D eigenvalue weighted by Crippen LogP contribution is 2.14. The number of β-amino-alcohol motifs (C(OH)–C–C–N with tert-alkyl or cyclic N) is 1. The first kappa shape index (κ1) is 12.8. The van der Waals surface area contributed by atoms with Crippen molar-refractivity contribution in [2.75, 3.05) is 25.0 Å². The van der Waals surface area contributed by atoms with Gasteiger partial charge in [0.25, 0.3) is 0 Å². The molecular formula is C12H16FN3O2. The molecule has 98 valence electrons. The molecule has 1 fully saturated rings. The van der Waals surface area contributed by atoms with Gasteiger partial charge in [-0.25, -0.2) is 9.18 Å². The van der Waals surface area contributed by atoms with E-state index in [1.807, 2.05) is 0 Å². The van der Waals surface area contributed by atoms with E-state index in [1.165, 1.54) is 12.1 Å². The summed E-state index contributed by atoms with van der Waals surface area (Å²) in [7, 11) is 0. The number of halogens is 1. The largest absolute Gasteiger partial charge is 0.387 e. The molecule has 1 aromatic carbocycles. The van der Waals surface area contributed by atoms with Crippen LogP contribution in [0, 0.1) is 5.82 Å². The molecule has 0 radical (unpaired) electrons. The van der Waals surface area contributed by atoms with Crippen LogP contribution in [0.4, 0.5) is 14.9 Å². The monoisotopic (exact) mass is 253 g/mol. The fourth-order valence-electron chi connectivity index (χ4n) is 1.86. The van der Waals surface area contributed by atoms with E-state index < -0.39 is 17.4 Å². The number of urea groups is 1. The van der Waals surface area contributed by atoms with Crippen LogP contribution in [0.15, 0.2) is 24.3 Å². The second kappa shape index (κ2) is 5.32. The maximum atomic E-state index is 13.3. The summed E-state index contributed by atoms with van der Waals surface area (Å²) in [5.41, 5.74) is -0.793. The summed E-state index contributed by atoms with van der Waals surface area (Å²) in [4.78, 5) is 11.5. The third-order valence-electron chi connectivity index (χ3n) is 2.92. The number of nitrogens with one attached hydrogen (secondary N) is 3. The first-order valence-corrected chi connectivity index (χ1v) is 5.82. The molecule has 1 aliphatic rings. The van der Waals surface area contributed by atoms with Gasteiger partial charge in [0, 0.05) is 13.1 Å². The zero-order chi connectivity index (χ0) is 13.0. The van der Waals surface area contributed by atoms with Crippen molar-refractivity contribution >= 4 is 11.7 Å². The molecule has 1 aliphatic heterocycles. The Morgan fingerprint density at radius 3 is 2.94 bits per heavy atom. The number of hydrogen-bond acceptors (Lipinski definition) is 3. The molecule has 0 aromatic heterocycles. The Morgan fingerprint density at radius 1 is 1.50 bits per heavy atom. The molecule has 6 heteroatoms. The summed E-state index contributed by atoms with van der Waals surface area (Å²) in [5, 5.41) is 17.9. The zero-order valence-electron chi connectivity index (χ0n) is 9.87. The van der Waals surface area contributed by atoms with Gasteiger partial charge in [-0.2, -0.15) is 0 Å². The van der Waals surface area contributed by atoms with Gasteiger partial charge in [0.1, 0.15) is 5.82 Å². The second-order valence-corrected chi connectivity index (χ2v) is 4.44. The number of carbonyl (C=O) groups excluding carboxylic acids is 1. The number of aliphatic hydroxyl groups is 1. The first-order valence-electron chi connectivity index (χ1n) is 5.82. The molecule has 18 heavy (non-hydrogen) atoms. The van der Waals surface area contributed by atoms with Crippen LogP contribution < -0.4 is 16.0 Å². The molecule has 4 N–H and O–H groups in total. The fraction of sp³-hybridized carbons (Fsp3) is 0.417. The lowest BCUT2D eigenvalue weighted by atomic mass is 10.0. The minimum atomic E-state index is -0.910. The number of benzene rings is 1. The maximum absolute atomic E-state index is 13.3. The van der Waals surface area contributed by atoms with Crippen molar-refractivity contribution in [3.8, 4) is 0 Å². The van der Waals surface area contributed by atoms with Gasteiger partial charge in [0.05, 0.1) is 11.3 Å². The van der Waals surface area contributed by atoms with Gasteiger partial charge in [-0.3, -0.25) is 0 Å². The maximum Gasteiger partial charge on any atom is 0.319 e. The Labute approximate surface area is 104 Å². The van der Waals surface area contributed by atoms with Crippen molar-refractivity contribution in [3.63, 3.8) is 0 Å². The van der Waals surface area contributed by atoms with Crippen molar-refractivity contribution in [3.05, 3.63) is 30.1 Å². The minimum absolute atomic E-state index is 0.117. The average molecular weight is 253 g/mol. The summed E-state index contributed by atoms with van der Waals surface area (Å²) < 4.78 is 13.3. The predicted molar refractivity (Wildman–Crippen MR) is 65.9 cm³/mol. The summed E-state index contributed by atoms with van der Waals surface area (Å²) in [5.74, 6) is -0.492. The van der Waals surface area contributed by atoms with Gasteiger partial charge in [-0.05, 0) is 25.1 Å². The first-order chi connectivity index (χ1) is 8.59. The summed E-state index contributed by atoms with van der Waals surface area (Å²) >= 11 is 0. The second-order valence-electron chi connectivity index (χ2n) is 4.44. The summed E-state index contributed by atoms with van der Waals surface area (Å²) in [6.07, 6.45) is 0.590. The number of hydrogen-bond donors (Lipinski definition) is 4. The van der Waals surface area contributed by atoms with Crippen molar-refractivity contribution in [1.29, 1.82) is 0 Å². The van der Waals surface area contributed by atoms with Crippen LogP contribution in [0.25, 0.3) is 0 Å². The van der Waals surface area contributed by atoms with Crippen LogP contribution in [0.3, 0.4) is 0 Å². The van der Waals surface area contributed by atoms with E-state index in [9.17, 15) is 14.3 Å². The topological polar surface area (TPSA) is 73.4 Å². The molecule has 5 nitrogen and oxygen atoms in total. The summed E-state index contributed by atoms with van der Waals surface area (Å²) in [6.45, 7) is 1.32. The molecule has 0 bridgehead atoms. The molecular weight excluding hydrogens is 237 g/mol. The van der Waals surface area contributed by atoms with Crippen molar-refractivity contribution in [2.45, 2.75) is 12.0 Å². The van der Waals surface area contributed by atoms with E-state index in [0.29, 0.717) is 13.0 Å². The highest BCUT2D eigenvalue weighted by molar-refractivity contribution is 5.89. The Kier molecular flexibility index (Phi) is 3.78. The molecule has 1 unspecified atom stereocenters. The number of para-hydroxylation sites is 1. The van der Waals surface area contributed by atoms with Crippen molar-refractivity contribution in [1.82, 2.24) is 10.6 Å². The smallest absolute Gasteiger partial charge is 0.319 e. The van der Waals surface area contributed by atoms with Gasteiger partial charge in [-0.15, -0.1) is 0 Å². The Balaban J connectivity index is 1.84. The van der Waals surface area contributed by atoms with Crippen LogP contribution in [-0.4, -0.2) is 36.4 Å². The predicted octanol–water partition coefficient (Wildman–Crippen LogP) is 0.672. The zero-order valence-corrected chi connectivity index (χ0v) is 9.87. The van der Waals surface area contributed by atoms with Gasteiger partial charge in [0.2, 0.25) is 0 Å². The summed E-state index contributed by atoms with van der Waals surface area (Å²) in [6, 6.07) is 5.39. The fourth-order valence-corrected chi connectivity index (χ4v) is 1.86. The van der Waals surface area contributed by atoms with E-state index in [-0.39, 0.29) is 12.2 Å². The quantitative estimate of drug-likeness (QED) is 0.640. The van der Waals surface area contributed by atoms with Crippen molar-refractivity contribution in [2.24, 2.45) is 0 Å². The third-order valence-corrected chi connectivity index (χ3v) is 2.92. The van der Waals surface area contributed by atoms with E-state index in [1.54, 1.807) is 12.1 Å². The van der Waals surface area contributed by atoms with Crippen LogP contribution in [-0.2, 0) is 0 Å². The van der Waals surface area contributed by atoms with Gasteiger partial charge in [-0.1, -0.05) is 12.1 Å². The SMILES string of the molecule is O=C(NCC1(O)CCNC1)Nc1ccccc1F. The van der Waals surface area contributed by atoms with Crippen molar-refractivity contribution < 1.29 is 14.3 Å². The molecule has 2 amide bonds. The van der Waals surface area contributed by atoms with Crippen LogP contribution in [0.5, 0.6) is 0 Å². The normalized spacial score (nSPS) is 22.8. The number of anilines is 1. The average Bonchev–Trinajstić information content (AvgIpc) is 2.77. The van der Waals surface area contributed by atoms with Gasteiger partial charge >= 0.3 is 6.03 Å². The van der Waals surface area contributed by atoms with Crippen LogP contribution in [0.1, 0.15) is 6.42 Å². The molecule has 1 heterocycles. The Hall–Kier alpha value is -1.66. The molecule has 1 atom stereocenters. The molecule has 1 saturated heterocycles. The highest BCUT2D eigenvalue weighted by atomic mass is 19.1. The van der Waals surface area contributed by atoms with E-state index in [4.69, 9.17) is 0 Å². The van der Waals surface area contributed by atoms with E-state index in [2.05, 4.69) is 16.0 Å². The highest BCUT2D eigenvalue weighted by Gasteiger charge is 2.31. The lowest BCUT2D eigenvalue weighted by Gasteiger charge is -2.21. The van der Waals surface area contributed by atoms with Crippen LogP contribution >= 0.6 is 0 Å². The molecule has 0 saturated carbocycles. The van der Waals surface area contributed by atoms with E-state index >= 15 is 0 Å². The van der Waals surface area contributed by atoms with Gasteiger partial charge in [0.15, 0.2) is 0 Å². The van der Waals surface area contributed by atoms with Crippen LogP contribution in [0.2, 0.25) is 0 Å². The lowest BCUT2D eigenvalue weighted by Crippen LogP contribution is -2.45. The standard InChI is InChI=1S/C12H16FN3O2/c13-9-3-1-2-4-10(9)16-11(17)15-8-12(18)5-6-14-7-12/h1-4,14,18H,5-8H2,(H2,15,16,17). The molecule has 0 spiro atoms.